The zero-order chi connectivity index (χ0) is 64.3. The van der Waals surface area contributed by atoms with E-state index in [0.717, 1.165) is 23.5 Å². The lowest BCUT2D eigenvalue weighted by Crippen LogP contribution is -2.67. The van der Waals surface area contributed by atoms with Crippen LogP contribution in [0.4, 0.5) is 0 Å². The number of carboxylic acids is 2. The molecule has 19 heterocycles. The van der Waals surface area contributed by atoms with E-state index in [1.807, 2.05) is 0 Å². The van der Waals surface area contributed by atoms with Crippen LogP contribution in [0, 0.1) is 17.8 Å². The van der Waals surface area contributed by atoms with Gasteiger partial charge in [0.25, 0.3) is 0 Å². The van der Waals surface area contributed by atoms with Gasteiger partial charge in [-0.05, 0) is 24.5 Å². The number of hydrogen-bond donors (Lipinski definition) is 21. The van der Waals surface area contributed by atoms with Gasteiger partial charge in [0.05, 0.1) is 69.0 Å². The average molecular weight is 1320 g/mol. The van der Waals surface area contributed by atoms with E-state index in [1.165, 1.54) is 6.92 Å². The molecular formula is C51H85NO34S2. The van der Waals surface area contributed by atoms with Crippen LogP contribution in [0.15, 0.2) is 0 Å². The molecule has 35 nitrogen and oxygen atoms in total. The van der Waals surface area contributed by atoms with Crippen LogP contribution >= 0.6 is 23.5 Å². The second-order valence-corrected chi connectivity index (χ2v) is 25.6. The first-order valence-electron chi connectivity index (χ1n) is 28.9. The lowest BCUT2D eigenvalue weighted by Gasteiger charge is -2.50. The number of thioether (sulfide) groups is 2. The molecule has 0 spiro atoms. The predicted molar refractivity (Wildman–Crippen MR) is 286 cm³/mol. The second kappa shape index (κ2) is 31.8. The quantitative estimate of drug-likeness (QED) is 0.0724. The Kier molecular flexibility index (Phi) is 26.1. The van der Waals surface area contributed by atoms with Crippen LogP contribution in [0.25, 0.3) is 0 Å². The Labute approximate surface area is 510 Å². The fourth-order valence-electron chi connectivity index (χ4n) is 12.2. The zero-order valence-electron chi connectivity index (χ0n) is 47.3. The summed E-state index contributed by atoms with van der Waals surface area (Å²) in [7, 11) is 0. The minimum atomic E-state index is -2.20. The molecule has 21 rings (SSSR count). The molecule has 14 bridgehead atoms. The third-order valence-electron chi connectivity index (χ3n) is 17.3. The number of aliphatic hydroxyl groups is 18. The van der Waals surface area contributed by atoms with Gasteiger partial charge in [0.2, 0.25) is 0 Å². The first-order chi connectivity index (χ1) is 41.8. The first-order valence-corrected chi connectivity index (χ1v) is 31.2. The normalized spacial score (nSPS) is 49.7. The summed E-state index contributed by atoms with van der Waals surface area (Å²) >= 11 is 1.97. The fourth-order valence-corrected chi connectivity index (χ4v) is 14.5. The Morgan fingerprint density at radius 3 is 1.19 bits per heavy atom. The van der Waals surface area contributed by atoms with Gasteiger partial charge in [-0.1, -0.05) is 6.92 Å². The number of aliphatic carboxylic acids is 2. The van der Waals surface area contributed by atoms with E-state index in [4.69, 9.17) is 62.6 Å². The predicted octanol–water partition coefficient (Wildman–Crippen LogP) is -11.3. The van der Waals surface area contributed by atoms with E-state index in [2.05, 4.69) is 0 Å². The first kappa shape index (κ1) is 72.2. The third-order valence-corrected chi connectivity index (χ3v) is 19.9. The lowest BCUT2D eigenvalue weighted by molar-refractivity contribution is -0.388. The number of hydrogen-bond acceptors (Lipinski definition) is 35. The summed E-state index contributed by atoms with van der Waals surface area (Å²) in [5.74, 6) is -6.04. The van der Waals surface area contributed by atoms with Gasteiger partial charge in [-0.25, -0.2) is 0 Å². The molecule has 21 aliphatic rings. The SMILES string of the molecule is C[C@H](CSCC1C[C@@H]2O[C@@H]3C(CO)O[C@@H](O[C@H]4C[C@H](O)[C@@H](OC4CO)O[C@@H]4C(CSC[C@@H](N)C(=O)O)O[C@@H](O[C@@H]5C(CO)O[C@H](O[C@@H]6C(CO)O[C@H](O[C@@H]7C(CO)C[C@H](O[C@H]1[C@H](O)C2O)C(O)[C@H]7O)[C@@H](O)C6O)[C@@H](O)C5O)[C@@H](O)C4O)[C@@H](O)C3O)C(=O)O. The van der Waals surface area contributed by atoms with Crippen molar-refractivity contribution in [2.24, 2.45) is 23.5 Å². The topological polar surface area (TPSA) is 576 Å². The lowest BCUT2D eigenvalue weighted by atomic mass is 9.78. The maximum atomic E-state index is 11.9. The highest BCUT2D eigenvalue weighted by molar-refractivity contribution is 7.99. The van der Waals surface area contributed by atoms with Gasteiger partial charge >= 0.3 is 11.9 Å². The van der Waals surface area contributed by atoms with Gasteiger partial charge in [-0.15, -0.1) is 0 Å². The zero-order valence-corrected chi connectivity index (χ0v) is 49.0. The summed E-state index contributed by atoms with van der Waals surface area (Å²) in [6, 6.07) is -1.42. The molecule has 2 saturated carbocycles. The van der Waals surface area contributed by atoms with Crippen molar-refractivity contribution in [2.75, 3.05) is 56.0 Å². The van der Waals surface area contributed by atoms with Crippen molar-refractivity contribution in [3.05, 3.63) is 0 Å². The average Bonchev–Trinajstić information content (AvgIpc) is 1.96. The molecule has 36 atom stereocenters. The molecule has 0 amide bonds. The number of rotatable bonds is 15. The van der Waals surface area contributed by atoms with Crippen molar-refractivity contribution in [1.82, 2.24) is 0 Å². The number of carboxylic acid groups (broad SMARTS) is 2. The smallest absolute Gasteiger partial charge is 0.321 e. The molecule has 0 aromatic rings. The highest BCUT2D eigenvalue weighted by Gasteiger charge is 2.58. The fraction of sp³-hybridized carbons (Fsp3) is 0.961. The molecule has 19 saturated heterocycles. The van der Waals surface area contributed by atoms with Gasteiger partial charge in [-0.3, -0.25) is 9.59 Å². The van der Waals surface area contributed by atoms with E-state index in [0.29, 0.717) is 0 Å². The number of carbonyl (C=O) groups is 2. The summed E-state index contributed by atoms with van der Waals surface area (Å²) < 4.78 is 71.6. The van der Waals surface area contributed by atoms with Crippen molar-refractivity contribution in [1.29, 1.82) is 0 Å². The Hall–Kier alpha value is -1.60. The largest absolute Gasteiger partial charge is 0.481 e. The molecule has 22 N–H and O–H groups in total. The second-order valence-electron chi connectivity index (χ2n) is 23.4. The van der Waals surface area contributed by atoms with Crippen molar-refractivity contribution in [3.8, 4) is 0 Å². The molecule has 0 aromatic carbocycles. The number of ether oxygens (including phenoxy) is 12. The highest BCUT2D eigenvalue weighted by atomic mass is 32.2. The van der Waals surface area contributed by atoms with Gasteiger partial charge in [0, 0.05) is 36.2 Å². The monoisotopic (exact) mass is 1320 g/mol. The van der Waals surface area contributed by atoms with Crippen molar-refractivity contribution >= 4 is 35.5 Å². The van der Waals surface area contributed by atoms with E-state index in [-0.39, 0.29) is 35.9 Å². The van der Waals surface area contributed by atoms with Gasteiger partial charge < -0.3 is 165 Å². The standard InChI is InChI=1S/C51H85NO34S2/c1-14(45(71)72)10-87-11-16-3-21-28(60)30(62)40(16)75-20-2-15(5-53)39(29(61)27(20)59)83-49-36(68)32(64)42(24(8-56)80-49)85-50-37(69)33(65)43(25(9-57)81-50)86-51-38(70)34(66)44(26(82-51)13-88-12-17(52)46(73)74)84-47-18(58)4-19(22(6-54)78-47)77-48-35(67)31(63)41(76-21)23(7-55)79-48/h14-44,47-51,53-70H,2-13,52H2,1H3,(H,71,72)(H,73,74)/t14-,15?,16?,17-,18+,19+,20+,21+,22?,23?,24?,25?,26?,27?,28?,29-,30-,31?,32?,33?,34?,35+,36+,37+,38+,39-,40-,41-,42-,43-,44-,47+,48-,49-,50-,51+/m1/s1. The van der Waals surface area contributed by atoms with Crippen LogP contribution in [0.1, 0.15) is 26.2 Å². The van der Waals surface area contributed by atoms with Crippen molar-refractivity contribution in [3.63, 3.8) is 0 Å². The van der Waals surface area contributed by atoms with Crippen LogP contribution in [-0.4, -0.2) is 372 Å². The van der Waals surface area contributed by atoms with E-state index >= 15 is 0 Å². The molecule has 510 valence electrons. The molecule has 0 aromatic heterocycles. The Morgan fingerprint density at radius 2 is 0.739 bits per heavy atom. The maximum absolute atomic E-state index is 11.9. The Balaban J connectivity index is 1.10. The summed E-state index contributed by atoms with van der Waals surface area (Å²) in [6.45, 7) is -3.24. The van der Waals surface area contributed by atoms with Crippen LogP contribution < -0.4 is 5.73 Å². The Morgan fingerprint density at radius 1 is 0.375 bits per heavy atom. The molecule has 19 aliphatic heterocycles. The van der Waals surface area contributed by atoms with Crippen molar-refractivity contribution < 1.29 is 169 Å². The summed E-state index contributed by atoms with van der Waals surface area (Å²) in [4.78, 5) is 23.4. The molecule has 0 radical (unpaired) electrons. The van der Waals surface area contributed by atoms with Crippen LogP contribution in [0.5, 0.6) is 0 Å². The third kappa shape index (κ3) is 15.9. The highest BCUT2D eigenvalue weighted by Crippen LogP contribution is 2.42. The van der Waals surface area contributed by atoms with Gasteiger partial charge in [0.15, 0.2) is 31.5 Å². The molecular weight excluding hydrogens is 1230 g/mol. The summed E-state index contributed by atoms with van der Waals surface area (Å²) in [5, 5.41) is 223. The molecule has 2 aliphatic carbocycles. The number of nitrogens with two attached hydrogens (primary N) is 1. The minimum Gasteiger partial charge on any atom is -0.481 e. The summed E-state index contributed by atoms with van der Waals surface area (Å²) in [5.41, 5.74) is 5.72. The van der Waals surface area contributed by atoms with E-state index in [9.17, 15) is 112 Å². The maximum Gasteiger partial charge on any atom is 0.321 e. The molecule has 13 unspecified atom stereocenters. The molecule has 21 fully saturated rings. The van der Waals surface area contributed by atoms with Crippen LogP contribution in [0.3, 0.4) is 0 Å². The minimum absolute atomic E-state index is 0.00837. The van der Waals surface area contributed by atoms with Crippen LogP contribution in [-0.2, 0) is 66.4 Å². The number of aliphatic hydroxyl groups excluding tert-OH is 18. The van der Waals surface area contributed by atoms with E-state index < -0.39 is 271 Å². The summed E-state index contributed by atoms with van der Waals surface area (Å²) in [6.07, 6.45) is -59.9. The molecule has 88 heavy (non-hydrogen) atoms. The molecule has 37 heteroatoms. The van der Waals surface area contributed by atoms with Gasteiger partial charge in [-0.2, -0.15) is 23.5 Å². The van der Waals surface area contributed by atoms with Crippen LogP contribution in [0.2, 0.25) is 0 Å². The van der Waals surface area contributed by atoms with Crippen molar-refractivity contribution in [2.45, 2.75) is 228 Å². The Bertz CT molecular complexity index is 2190. The van der Waals surface area contributed by atoms with Gasteiger partial charge in [0.1, 0.15) is 134 Å². The van der Waals surface area contributed by atoms with E-state index in [1.54, 1.807) is 0 Å².